The Morgan fingerprint density at radius 2 is 2.33 bits per heavy atom. The lowest BCUT2D eigenvalue weighted by molar-refractivity contribution is 0.936. The summed E-state index contributed by atoms with van der Waals surface area (Å²) in [5, 5.41) is 10.8. The minimum atomic E-state index is 0.273. The van der Waals surface area contributed by atoms with Crippen LogP contribution < -0.4 is 11.1 Å². The van der Waals surface area contributed by atoms with Crippen molar-refractivity contribution in [2.24, 2.45) is 0 Å². The minimum Gasteiger partial charge on any atom is -0.383 e. The number of nitrogens with zero attached hydrogens (tertiary/aromatic N) is 2. The maximum Gasteiger partial charge on any atom is 0.141 e. The summed E-state index contributed by atoms with van der Waals surface area (Å²) in [6.07, 6.45) is 2.38. The second-order valence-corrected chi connectivity index (χ2v) is 4.63. The van der Waals surface area contributed by atoms with Crippen LogP contribution in [0.25, 0.3) is 0 Å². The minimum absolute atomic E-state index is 0.273. The lowest BCUT2D eigenvalue weighted by atomic mass is 10.2. The summed E-state index contributed by atoms with van der Waals surface area (Å²) >= 11 is 2.28. The van der Waals surface area contributed by atoms with Crippen LogP contribution in [0.2, 0.25) is 0 Å². The third-order valence-electron chi connectivity index (χ3n) is 1.90. The Morgan fingerprint density at radius 3 is 2.87 bits per heavy atom. The number of nitrogens with one attached hydrogen (secondary N) is 2. The van der Waals surface area contributed by atoms with Gasteiger partial charge >= 0.3 is 0 Å². The summed E-state index contributed by atoms with van der Waals surface area (Å²) in [5.74, 6) is 0.982. The summed E-state index contributed by atoms with van der Waals surface area (Å²) in [5.41, 5.74) is 6.67. The number of nitrogen functional groups attached to an aromatic ring is 1. The Bertz CT molecular complexity index is 366. The van der Waals surface area contributed by atoms with Crippen LogP contribution in [0.4, 0.5) is 11.6 Å². The van der Waals surface area contributed by atoms with Gasteiger partial charge in [-0.1, -0.05) is 29.5 Å². The predicted octanol–water partition coefficient (Wildman–Crippen LogP) is 2.03. The van der Waals surface area contributed by atoms with Gasteiger partial charge in [-0.3, -0.25) is 0 Å². The van der Waals surface area contributed by atoms with Crippen molar-refractivity contribution in [1.29, 1.82) is 5.41 Å². The molecule has 6 heteroatoms. The van der Waals surface area contributed by atoms with E-state index in [1.807, 2.05) is 0 Å². The third-order valence-corrected chi connectivity index (χ3v) is 3.10. The maximum absolute atomic E-state index is 7.62. The number of anilines is 2. The second-order valence-electron chi connectivity index (χ2n) is 3.13. The van der Waals surface area contributed by atoms with Gasteiger partial charge in [0.1, 0.15) is 18.0 Å². The molecule has 1 aromatic heterocycles. The predicted molar refractivity (Wildman–Crippen MR) is 70.7 cm³/mol. The number of alkyl halides is 1. The molecule has 1 atom stereocenters. The molecule has 1 rings (SSSR count). The number of halogens is 1. The zero-order valence-corrected chi connectivity index (χ0v) is 10.9. The molecule has 0 aliphatic heterocycles. The summed E-state index contributed by atoms with van der Waals surface area (Å²) in [4.78, 5) is 7.98. The van der Waals surface area contributed by atoms with E-state index in [2.05, 4.69) is 44.8 Å². The molecule has 82 valence electrons. The van der Waals surface area contributed by atoms with Gasteiger partial charge in [-0.05, 0) is 13.3 Å². The highest BCUT2D eigenvalue weighted by Gasteiger charge is 2.12. The molecular formula is C9H14IN5. The van der Waals surface area contributed by atoms with Crippen molar-refractivity contribution in [2.75, 3.05) is 11.1 Å². The van der Waals surface area contributed by atoms with Gasteiger partial charge < -0.3 is 16.5 Å². The van der Waals surface area contributed by atoms with E-state index in [0.29, 0.717) is 22.9 Å². The molecule has 4 N–H and O–H groups in total. The van der Waals surface area contributed by atoms with Gasteiger partial charge in [-0.25, -0.2) is 9.97 Å². The van der Waals surface area contributed by atoms with Gasteiger partial charge in [0.05, 0.1) is 9.61 Å². The first kappa shape index (κ1) is 12.2. The molecule has 1 aromatic rings. The van der Waals surface area contributed by atoms with E-state index in [-0.39, 0.29) is 4.05 Å². The molecule has 0 fully saturated rings. The van der Waals surface area contributed by atoms with E-state index in [9.17, 15) is 0 Å². The van der Waals surface area contributed by atoms with E-state index in [4.69, 9.17) is 11.1 Å². The van der Waals surface area contributed by atoms with E-state index < -0.39 is 0 Å². The van der Waals surface area contributed by atoms with E-state index in [1.165, 1.54) is 6.33 Å². The first-order valence-electron chi connectivity index (χ1n) is 4.62. The number of rotatable bonds is 4. The summed E-state index contributed by atoms with van der Waals surface area (Å²) < 4.78 is 0.273. The summed E-state index contributed by atoms with van der Waals surface area (Å²) in [7, 11) is 0. The van der Waals surface area contributed by atoms with Gasteiger partial charge in [0.25, 0.3) is 0 Å². The average Bonchev–Trinajstić information content (AvgIpc) is 2.17. The Morgan fingerprint density at radius 1 is 1.67 bits per heavy atom. The van der Waals surface area contributed by atoms with Crippen molar-refractivity contribution >= 4 is 39.9 Å². The molecule has 1 unspecified atom stereocenters. The van der Waals surface area contributed by atoms with Gasteiger partial charge in [0.15, 0.2) is 0 Å². The molecule has 0 aliphatic carbocycles. The van der Waals surface area contributed by atoms with Crippen molar-refractivity contribution in [3.8, 4) is 0 Å². The maximum atomic E-state index is 7.62. The average molecular weight is 319 g/mol. The van der Waals surface area contributed by atoms with Crippen LogP contribution in [-0.4, -0.2) is 19.7 Å². The lowest BCUT2D eigenvalue weighted by Gasteiger charge is -2.14. The highest BCUT2D eigenvalue weighted by Crippen LogP contribution is 2.20. The van der Waals surface area contributed by atoms with Gasteiger partial charge in [-0.2, -0.15) is 0 Å². The second kappa shape index (κ2) is 5.24. The van der Waals surface area contributed by atoms with E-state index in [1.54, 1.807) is 6.92 Å². The summed E-state index contributed by atoms with van der Waals surface area (Å²) in [6, 6.07) is 0. The molecule has 15 heavy (non-hydrogen) atoms. The van der Waals surface area contributed by atoms with Crippen molar-refractivity contribution in [3.63, 3.8) is 0 Å². The fraction of sp³-hybridized carbons (Fsp3) is 0.444. The molecule has 0 aliphatic rings. The van der Waals surface area contributed by atoms with Crippen molar-refractivity contribution in [2.45, 2.75) is 24.3 Å². The van der Waals surface area contributed by atoms with Crippen molar-refractivity contribution in [3.05, 3.63) is 11.9 Å². The molecule has 0 aromatic carbocycles. The zero-order valence-electron chi connectivity index (χ0n) is 8.71. The third kappa shape index (κ3) is 3.01. The van der Waals surface area contributed by atoms with Crippen molar-refractivity contribution < 1.29 is 0 Å². The van der Waals surface area contributed by atoms with E-state index in [0.717, 1.165) is 6.42 Å². The Hall–Kier alpha value is -0.920. The largest absolute Gasteiger partial charge is 0.383 e. The van der Waals surface area contributed by atoms with Gasteiger partial charge in [-0.15, -0.1) is 0 Å². The SMILES string of the molecule is CCC(I)Nc1ncnc(N)c1C(C)=N. The van der Waals surface area contributed by atoms with Crippen molar-refractivity contribution in [1.82, 2.24) is 9.97 Å². The molecule has 1 heterocycles. The number of hydrogen-bond acceptors (Lipinski definition) is 5. The molecule has 0 saturated heterocycles. The van der Waals surface area contributed by atoms with E-state index >= 15 is 0 Å². The first-order valence-corrected chi connectivity index (χ1v) is 5.87. The molecule has 0 saturated carbocycles. The molecule has 0 radical (unpaired) electrons. The highest BCUT2D eigenvalue weighted by atomic mass is 127. The van der Waals surface area contributed by atoms with Crippen LogP contribution in [0.5, 0.6) is 0 Å². The fourth-order valence-electron chi connectivity index (χ4n) is 1.13. The van der Waals surface area contributed by atoms with Crippen LogP contribution in [0.3, 0.4) is 0 Å². The number of hydrogen-bond donors (Lipinski definition) is 3. The molecular weight excluding hydrogens is 305 g/mol. The molecule has 0 bridgehead atoms. The molecule has 0 spiro atoms. The van der Waals surface area contributed by atoms with Crippen LogP contribution in [0, 0.1) is 5.41 Å². The Balaban J connectivity index is 3.06. The van der Waals surface area contributed by atoms with Crippen LogP contribution in [0.15, 0.2) is 6.33 Å². The zero-order chi connectivity index (χ0) is 11.4. The smallest absolute Gasteiger partial charge is 0.141 e. The summed E-state index contributed by atoms with van der Waals surface area (Å²) in [6.45, 7) is 3.75. The Kier molecular flexibility index (Phi) is 4.25. The quantitative estimate of drug-likeness (QED) is 0.343. The first-order chi connectivity index (χ1) is 7.06. The Labute approximate surface area is 103 Å². The topological polar surface area (TPSA) is 87.7 Å². The van der Waals surface area contributed by atoms with Crippen LogP contribution in [-0.2, 0) is 0 Å². The van der Waals surface area contributed by atoms with Crippen LogP contribution >= 0.6 is 22.6 Å². The normalized spacial score (nSPS) is 12.2. The van der Waals surface area contributed by atoms with Crippen LogP contribution in [0.1, 0.15) is 25.8 Å². The lowest BCUT2D eigenvalue weighted by Crippen LogP contribution is -2.16. The highest BCUT2D eigenvalue weighted by molar-refractivity contribution is 14.1. The molecule has 5 nitrogen and oxygen atoms in total. The monoisotopic (exact) mass is 319 g/mol. The number of aromatic nitrogens is 2. The molecule has 0 amide bonds. The number of nitrogens with two attached hydrogens (primary N) is 1. The fourth-order valence-corrected chi connectivity index (χ4v) is 1.42. The standard InChI is InChI=1S/C9H14IN5/c1-3-6(10)15-9-7(5(2)11)8(12)13-4-14-9/h4,6,11H,3H2,1-2H3,(H3,12,13,14,15). The van der Waals surface area contributed by atoms with Gasteiger partial charge in [0.2, 0.25) is 0 Å². The van der Waals surface area contributed by atoms with Gasteiger partial charge in [0, 0.05) is 5.71 Å².